The zero-order valence-corrected chi connectivity index (χ0v) is 18.4. The van der Waals surface area contributed by atoms with Crippen LogP contribution in [0.4, 0.5) is 4.79 Å². The second-order valence-electron chi connectivity index (χ2n) is 7.03. The van der Waals surface area contributed by atoms with E-state index in [2.05, 4.69) is 12.2 Å². The molecule has 0 unspecified atom stereocenters. The van der Waals surface area contributed by atoms with Crippen molar-refractivity contribution >= 4 is 33.4 Å². The first-order chi connectivity index (χ1) is 14.4. The number of unbranched alkanes of at least 4 members (excludes halogenated alkanes) is 3. The van der Waals surface area contributed by atoms with Crippen LogP contribution in [0.15, 0.2) is 59.5 Å². The molecule has 1 heterocycles. The Morgan fingerprint density at radius 1 is 1.07 bits per heavy atom. The first-order valence-corrected chi connectivity index (χ1v) is 11.8. The van der Waals surface area contributed by atoms with Gasteiger partial charge in [-0.1, -0.05) is 68.1 Å². The van der Waals surface area contributed by atoms with Crippen LogP contribution in [0.3, 0.4) is 0 Å². The van der Waals surface area contributed by atoms with Crippen LogP contribution in [0.25, 0.3) is 5.70 Å². The largest absolute Gasteiger partial charge is 0.417 e. The molecular weight excluding hydrogens is 424 g/mol. The maximum Gasteiger partial charge on any atom is 0.417 e. The maximum absolute atomic E-state index is 12.9. The second kappa shape index (κ2) is 10.1. The standard InChI is InChI=1S/C22H25ClN2O4S/c1-2-3-4-8-15-25-16-20(30(25,27)28)21(17-11-13-18(23)14-12-17)24-22(26)29-19-9-6-5-7-10-19/h5-7,9-14H,2-4,8,15-16H2,1H3,(H,24,26)/b21-20+. The summed E-state index contributed by atoms with van der Waals surface area (Å²) in [4.78, 5) is 12.6. The molecule has 0 aliphatic carbocycles. The summed E-state index contributed by atoms with van der Waals surface area (Å²) in [5.74, 6) is 0.365. The third kappa shape index (κ3) is 5.41. The molecule has 0 atom stereocenters. The van der Waals surface area contributed by atoms with Crippen molar-refractivity contribution in [2.75, 3.05) is 13.1 Å². The summed E-state index contributed by atoms with van der Waals surface area (Å²) in [7, 11) is -3.62. The Morgan fingerprint density at radius 3 is 2.40 bits per heavy atom. The number of halogens is 1. The number of nitrogens with zero attached hydrogens (tertiary/aromatic N) is 1. The third-order valence-electron chi connectivity index (χ3n) is 4.82. The van der Waals surface area contributed by atoms with Gasteiger partial charge in [-0.2, -0.15) is 4.31 Å². The van der Waals surface area contributed by atoms with Gasteiger partial charge >= 0.3 is 6.09 Å². The van der Waals surface area contributed by atoms with Gasteiger partial charge < -0.3 is 4.74 Å². The van der Waals surface area contributed by atoms with E-state index in [9.17, 15) is 13.2 Å². The average Bonchev–Trinajstić information content (AvgIpc) is 2.73. The summed E-state index contributed by atoms with van der Waals surface area (Å²) in [6, 6.07) is 15.2. The minimum absolute atomic E-state index is 0.172. The quantitative estimate of drug-likeness (QED) is 0.575. The molecule has 30 heavy (non-hydrogen) atoms. The highest BCUT2D eigenvalue weighted by Gasteiger charge is 2.41. The molecule has 1 aliphatic rings. The van der Waals surface area contributed by atoms with Gasteiger partial charge in [-0.05, 0) is 36.2 Å². The molecular formula is C22H25ClN2O4S. The van der Waals surface area contributed by atoms with Crippen molar-refractivity contribution in [1.82, 2.24) is 9.62 Å². The van der Waals surface area contributed by atoms with Crippen LogP contribution in [-0.4, -0.2) is 31.9 Å². The minimum Gasteiger partial charge on any atom is -0.410 e. The number of para-hydroxylation sites is 1. The summed E-state index contributed by atoms with van der Waals surface area (Å²) in [5.41, 5.74) is 0.769. The third-order valence-corrected chi connectivity index (χ3v) is 7.02. The van der Waals surface area contributed by atoms with E-state index in [-0.39, 0.29) is 17.1 Å². The molecule has 6 nitrogen and oxygen atoms in total. The molecule has 3 rings (SSSR count). The van der Waals surface area contributed by atoms with Gasteiger partial charge in [-0.3, -0.25) is 5.32 Å². The van der Waals surface area contributed by atoms with Crippen LogP contribution in [0.1, 0.15) is 38.2 Å². The fourth-order valence-electron chi connectivity index (χ4n) is 3.18. The van der Waals surface area contributed by atoms with Crippen molar-refractivity contribution < 1.29 is 17.9 Å². The van der Waals surface area contributed by atoms with Crippen LogP contribution < -0.4 is 10.1 Å². The summed E-state index contributed by atoms with van der Waals surface area (Å²) in [6.45, 7) is 2.84. The molecule has 0 aromatic heterocycles. The average molecular weight is 449 g/mol. The van der Waals surface area contributed by atoms with Gasteiger partial charge in [0.15, 0.2) is 0 Å². The molecule has 160 valence electrons. The highest BCUT2D eigenvalue weighted by atomic mass is 35.5. The predicted molar refractivity (Wildman–Crippen MR) is 119 cm³/mol. The smallest absolute Gasteiger partial charge is 0.410 e. The second-order valence-corrected chi connectivity index (χ2v) is 9.43. The Morgan fingerprint density at radius 2 is 1.77 bits per heavy atom. The van der Waals surface area contributed by atoms with E-state index in [4.69, 9.17) is 16.3 Å². The predicted octanol–water partition coefficient (Wildman–Crippen LogP) is 5.02. The van der Waals surface area contributed by atoms with Crippen molar-refractivity contribution in [2.24, 2.45) is 0 Å². The molecule has 2 aromatic rings. The van der Waals surface area contributed by atoms with Crippen molar-refractivity contribution in [3.63, 3.8) is 0 Å². The molecule has 1 amide bonds. The van der Waals surface area contributed by atoms with E-state index in [1.807, 2.05) is 6.07 Å². The molecule has 0 spiro atoms. The summed E-state index contributed by atoms with van der Waals surface area (Å²) in [6.07, 6.45) is 3.23. The normalized spacial score (nSPS) is 17.1. The van der Waals surface area contributed by atoms with Gasteiger partial charge in [-0.15, -0.1) is 0 Å². The Bertz CT molecular complexity index is 1010. The highest BCUT2D eigenvalue weighted by Crippen LogP contribution is 2.33. The Balaban J connectivity index is 1.81. The van der Waals surface area contributed by atoms with Gasteiger partial charge in [-0.25, -0.2) is 13.2 Å². The number of benzene rings is 2. The molecule has 1 N–H and O–H groups in total. The van der Waals surface area contributed by atoms with Crippen molar-refractivity contribution in [3.05, 3.63) is 70.1 Å². The van der Waals surface area contributed by atoms with Gasteiger partial charge in [0.05, 0.1) is 17.1 Å². The first-order valence-electron chi connectivity index (χ1n) is 9.95. The van der Waals surface area contributed by atoms with Crippen LogP contribution in [0.2, 0.25) is 5.02 Å². The number of carbonyl (C=O) groups excluding carboxylic acids is 1. The van der Waals surface area contributed by atoms with Crippen molar-refractivity contribution in [3.8, 4) is 5.75 Å². The fraction of sp³-hybridized carbons (Fsp3) is 0.318. The molecule has 1 fully saturated rings. The molecule has 2 aromatic carbocycles. The molecule has 1 aliphatic heterocycles. The maximum atomic E-state index is 12.9. The molecule has 8 heteroatoms. The summed E-state index contributed by atoms with van der Waals surface area (Å²) in [5, 5.41) is 3.14. The van der Waals surface area contributed by atoms with E-state index < -0.39 is 16.1 Å². The van der Waals surface area contributed by atoms with Crippen molar-refractivity contribution in [2.45, 2.75) is 32.6 Å². The lowest BCUT2D eigenvalue weighted by Gasteiger charge is -2.35. The number of sulfonamides is 1. The van der Waals surface area contributed by atoms with E-state index in [0.717, 1.165) is 25.7 Å². The lowest BCUT2D eigenvalue weighted by atomic mass is 10.1. The van der Waals surface area contributed by atoms with Gasteiger partial charge in [0.2, 0.25) is 10.0 Å². The number of ether oxygens (including phenoxy) is 1. The highest BCUT2D eigenvalue weighted by molar-refractivity contribution is 7.94. The zero-order chi connectivity index (χ0) is 21.6. The van der Waals surface area contributed by atoms with E-state index >= 15 is 0 Å². The van der Waals surface area contributed by atoms with Gasteiger partial charge in [0.1, 0.15) is 5.75 Å². The number of hydrogen-bond acceptors (Lipinski definition) is 4. The lowest BCUT2D eigenvalue weighted by Crippen LogP contribution is -2.48. The SMILES string of the molecule is CCCCCCN1C/C(=C(\NC(=O)Oc2ccccc2)c2ccc(Cl)cc2)S1(=O)=O. The number of hydrogen-bond donors (Lipinski definition) is 1. The van der Waals surface area contributed by atoms with E-state index in [0.29, 0.717) is 22.9 Å². The summed E-state index contributed by atoms with van der Waals surface area (Å²) < 4.78 is 32.5. The monoisotopic (exact) mass is 448 g/mol. The lowest BCUT2D eigenvalue weighted by molar-refractivity contribution is 0.205. The fourth-order valence-corrected chi connectivity index (χ4v) is 4.82. The number of carbonyl (C=O) groups is 1. The first kappa shape index (κ1) is 22.3. The zero-order valence-electron chi connectivity index (χ0n) is 16.8. The topological polar surface area (TPSA) is 75.7 Å². The minimum atomic E-state index is -3.62. The van der Waals surface area contributed by atoms with E-state index in [1.165, 1.54) is 4.31 Å². The van der Waals surface area contributed by atoms with Crippen LogP contribution >= 0.6 is 11.6 Å². The number of rotatable bonds is 8. The van der Waals surface area contributed by atoms with Crippen LogP contribution in [0.5, 0.6) is 5.75 Å². The van der Waals surface area contributed by atoms with Gasteiger partial charge in [0, 0.05) is 11.6 Å². The van der Waals surface area contributed by atoms with Crippen molar-refractivity contribution in [1.29, 1.82) is 0 Å². The van der Waals surface area contributed by atoms with Crippen LogP contribution in [0, 0.1) is 0 Å². The Labute approximate surface area is 182 Å². The number of amides is 1. The Hall–Kier alpha value is -2.35. The summed E-state index contributed by atoms with van der Waals surface area (Å²) >= 11 is 5.96. The Kier molecular flexibility index (Phi) is 7.53. The molecule has 0 bridgehead atoms. The number of nitrogens with one attached hydrogen (secondary N) is 1. The molecule has 1 saturated heterocycles. The molecule has 0 saturated carbocycles. The van der Waals surface area contributed by atoms with Crippen LogP contribution in [-0.2, 0) is 10.0 Å². The molecule has 0 radical (unpaired) electrons. The van der Waals surface area contributed by atoms with Gasteiger partial charge in [0.25, 0.3) is 0 Å². The van der Waals surface area contributed by atoms with E-state index in [1.54, 1.807) is 48.5 Å².